The summed E-state index contributed by atoms with van der Waals surface area (Å²) in [4.78, 5) is 17.2. The molecule has 1 amide bonds. The van der Waals surface area contributed by atoms with Gasteiger partial charge in [-0.15, -0.1) is 0 Å². The second-order valence-corrected chi connectivity index (χ2v) is 8.49. The summed E-state index contributed by atoms with van der Waals surface area (Å²) in [7, 11) is 4.28. The molecule has 0 radical (unpaired) electrons. The number of carbonyl (C=O) groups is 1. The van der Waals surface area contributed by atoms with Crippen molar-refractivity contribution in [3.63, 3.8) is 0 Å². The smallest absolute Gasteiger partial charge is 0.255 e. The van der Waals surface area contributed by atoms with Gasteiger partial charge in [-0.25, -0.2) is 0 Å². The van der Waals surface area contributed by atoms with Gasteiger partial charge in [-0.2, -0.15) is 0 Å². The molecule has 2 aromatic carbocycles. The van der Waals surface area contributed by atoms with E-state index in [1.54, 1.807) is 0 Å². The average Bonchev–Trinajstić information content (AvgIpc) is 3.18. The molecule has 1 saturated carbocycles. The number of nitrogens with zero attached hydrogens (tertiary/aromatic N) is 2. The number of ether oxygens (including phenoxy) is 1. The van der Waals surface area contributed by atoms with Gasteiger partial charge < -0.3 is 19.9 Å². The number of rotatable bonds is 7. The molecule has 0 aromatic heterocycles. The molecule has 2 aliphatic rings. The Morgan fingerprint density at radius 1 is 1.07 bits per heavy atom. The Morgan fingerprint density at radius 3 is 2.38 bits per heavy atom. The molecule has 5 heteroatoms. The average molecular weight is 394 g/mol. The topological polar surface area (TPSA) is 44.8 Å². The first-order valence-electron chi connectivity index (χ1n) is 10.6. The van der Waals surface area contributed by atoms with Gasteiger partial charge in [-0.1, -0.05) is 6.42 Å². The molecule has 0 bridgehead atoms. The molecular weight excluding hydrogens is 362 g/mol. The van der Waals surface area contributed by atoms with Gasteiger partial charge in [-0.3, -0.25) is 4.79 Å². The van der Waals surface area contributed by atoms with E-state index in [0.717, 1.165) is 31.1 Å². The third-order valence-corrected chi connectivity index (χ3v) is 6.21. The van der Waals surface area contributed by atoms with Gasteiger partial charge in [0.05, 0.1) is 6.61 Å². The number of carbonyl (C=O) groups excluding carboxylic acids is 1. The van der Waals surface area contributed by atoms with Gasteiger partial charge >= 0.3 is 0 Å². The van der Waals surface area contributed by atoms with E-state index < -0.39 is 0 Å². The molecule has 5 nitrogen and oxygen atoms in total. The van der Waals surface area contributed by atoms with Gasteiger partial charge in [0.1, 0.15) is 5.75 Å². The van der Waals surface area contributed by atoms with E-state index in [2.05, 4.69) is 41.3 Å². The van der Waals surface area contributed by atoms with Crippen molar-refractivity contribution in [2.75, 3.05) is 44.0 Å². The quantitative estimate of drug-likeness (QED) is 0.763. The number of nitrogens with one attached hydrogen (secondary N) is 1. The zero-order chi connectivity index (χ0) is 20.2. The highest BCUT2D eigenvalue weighted by atomic mass is 16.5. The van der Waals surface area contributed by atoms with Crippen molar-refractivity contribution in [2.24, 2.45) is 5.92 Å². The van der Waals surface area contributed by atoms with Crippen LogP contribution in [-0.2, 0) is 0 Å². The molecule has 1 unspecified atom stereocenters. The van der Waals surface area contributed by atoms with Crippen LogP contribution in [0.25, 0.3) is 0 Å². The third-order valence-electron chi connectivity index (χ3n) is 6.21. The summed E-state index contributed by atoms with van der Waals surface area (Å²) in [6, 6.07) is 16.2. The van der Waals surface area contributed by atoms with Gasteiger partial charge in [0, 0.05) is 36.1 Å². The van der Waals surface area contributed by atoms with Crippen LogP contribution in [0.2, 0.25) is 0 Å². The van der Waals surface area contributed by atoms with Crippen molar-refractivity contribution >= 4 is 17.3 Å². The molecule has 1 aliphatic heterocycles. The Bertz CT molecular complexity index is 813. The molecule has 1 heterocycles. The largest absolute Gasteiger partial charge is 0.493 e. The van der Waals surface area contributed by atoms with Gasteiger partial charge in [0.25, 0.3) is 5.91 Å². The van der Waals surface area contributed by atoms with Crippen molar-refractivity contribution in [2.45, 2.75) is 31.7 Å². The minimum absolute atomic E-state index is 0.0999. The maximum absolute atomic E-state index is 12.5. The lowest BCUT2D eigenvalue weighted by Crippen LogP contribution is -2.31. The zero-order valence-electron chi connectivity index (χ0n) is 17.4. The van der Waals surface area contributed by atoms with E-state index in [1.165, 1.54) is 31.4 Å². The van der Waals surface area contributed by atoms with E-state index in [0.29, 0.717) is 17.5 Å². The number of anilines is 2. The second-order valence-electron chi connectivity index (χ2n) is 8.49. The van der Waals surface area contributed by atoms with E-state index in [-0.39, 0.29) is 5.91 Å². The van der Waals surface area contributed by atoms with Crippen LogP contribution in [0.15, 0.2) is 48.5 Å². The summed E-state index contributed by atoms with van der Waals surface area (Å²) in [6.07, 6.45) is 5.05. The first kappa shape index (κ1) is 19.8. The fourth-order valence-electron chi connectivity index (χ4n) is 3.93. The monoisotopic (exact) mass is 393 g/mol. The van der Waals surface area contributed by atoms with E-state index in [4.69, 9.17) is 4.74 Å². The highest BCUT2D eigenvalue weighted by Crippen LogP contribution is 2.27. The predicted molar refractivity (Wildman–Crippen MR) is 118 cm³/mol. The van der Waals surface area contributed by atoms with Crippen molar-refractivity contribution in [1.29, 1.82) is 0 Å². The SMILES string of the molecule is CN(C)C1CCN(c2ccc(NC(=O)c3ccc(OCC4CCC4)cc3)cc2)C1. The molecule has 1 N–H and O–H groups in total. The number of benzene rings is 2. The first-order valence-corrected chi connectivity index (χ1v) is 10.6. The van der Waals surface area contributed by atoms with Crippen LogP contribution in [0, 0.1) is 5.92 Å². The van der Waals surface area contributed by atoms with Gasteiger partial charge in [0.2, 0.25) is 0 Å². The molecule has 2 aromatic rings. The van der Waals surface area contributed by atoms with Crippen LogP contribution in [0.5, 0.6) is 5.75 Å². The van der Waals surface area contributed by atoms with E-state index >= 15 is 0 Å². The molecule has 1 aliphatic carbocycles. The minimum Gasteiger partial charge on any atom is -0.493 e. The summed E-state index contributed by atoms with van der Waals surface area (Å²) in [5, 5.41) is 2.98. The number of hydrogen-bond donors (Lipinski definition) is 1. The van der Waals surface area contributed by atoms with Crippen LogP contribution in [-0.4, -0.2) is 50.6 Å². The standard InChI is InChI=1S/C24H31N3O2/c1-26(2)22-14-15-27(16-22)21-10-8-20(9-11-21)25-24(28)19-6-12-23(13-7-19)29-17-18-4-3-5-18/h6-13,18,22H,3-5,14-17H2,1-2H3,(H,25,28). The highest BCUT2D eigenvalue weighted by molar-refractivity contribution is 6.04. The van der Waals surface area contributed by atoms with E-state index in [1.807, 2.05) is 36.4 Å². The number of likely N-dealkylation sites (N-methyl/N-ethyl adjacent to an activating group) is 1. The highest BCUT2D eigenvalue weighted by Gasteiger charge is 2.24. The Labute approximate surface area is 173 Å². The first-order chi connectivity index (χ1) is 14.1. The molecule has 1 saturated heterocycles. The molecule has 29 heavy (non-hydrogen) atoms. The summed E-state index contributed by atoms with van der Waals surface area (Å²) in [5.74, 6) is 1.44. The lowest BCUT2D eigenvalue weighted by molar-refractivity contribution is 0.102. The van der Waals surface area contributed by atoms with Crippen LogP contribution in [0.3, 0.4) is 0 Å². The summed E-state index contributed by atoms with van der Waals surface area (Å²) in [6.45, 7) is 2.90. The van der Waals surface area contributed by atoms with Gasteiger partial charge in [0.15, 0.2) is 0 Å². The Morgan fingerprint density at radius 2 is 1.79 bits per heavy atom. The lowest BCUT2D eigenvalue weighted by Gasteiger charge is -2.25. The Hall–Kier alpha value is -2.53. The predicted octanol–water partition coefficient (Wildman–Crippen LogP) is 4.26. The third kappa shape index (κ3) is 4.91. The summed E-state index contributed by atoms with van der Waals surface area (Å²) < 4.78 is 5.81. The Kier molecular flexibility index (Phi) is 6.05. The van der Waals surface area contributed by atoms with Crippen molar-refractivity contribution in [3.05, 3.63) is 54.1 Å². The van der Waals surface area contributed by atoms with Crippen LogP contribution >= 0.6 is 0 Å². The fourth-order valence-corrected chi connectivity index (χ4v) is 3.93. The molecule has 154 valence electrons. The maximum Gasteiger partial charge on any atom is 0.255 e. The zero-order valence-corrected chi connectivity index (χ0v) is 17.4. The molecule has 0 spiro atoms. The van der Waals surface area contributed by atoms with Crippen LogP contribution < -0.4 is 15.0 Å². The van der Waals surface area contributed by atoms with Crippen molar-refractivity contribution in [1.82, 2.24) is 4.90 Å². The van der Waals surface area contributed by atoms with E-state index in [9.17, 15) is 4.79 Å². The lowest BCUT2D eigenvalue weighted by atomic mass is 9.86. The maximum atomic E-state index is 12.5. The normalized spacial score (nSPS) is 19.3. The number of hydrogen-bond acceptors (Lipinski definition) is 4. The fraction of sp³-hybridized carbons (Fsp3) is 0.458. The summed E-state index contributed by atoms with van der Waals surface area (Å²) >= 11 is 0. The molecular formula is C24H31N3O2. The van der Waals surface area contributed by atoms with Crippen molar-refractivity contribution in [3.8, 4) is 5.75 Å². The minimum atomic E-state index is -0.0999. The second kappa shape index (κ2) is 8.87. The Balaban J connectivity index is 1.30. The number of amides is 1. The molecule has 1 atom stereocenters. The molecule has 2 fully saturated rings. The molecule has 4 rings (SSSR count). The van der Waals surface area contributed by atoms with Crippen LogP contribution in [0.4, 0.5) is 11.4 Å². The summed E-state index contributed by atoms with van der Waals surface area (Å²) in [5.41, 5.74) is 2.66. The van der Waals surface area contributed by atoms with Crippen LogP contribution in [0.1, 0.15) is 36.0 Å². The van der Waals surface area contributed by atoms with Crippen molar-refractivity contribution < 1.29 is 9.53 Å². The van der Waals surface area contributed by atoms with Gasteiger partial charge in [-0.05, 0) is 87.8 Å².